The number of aliphatic hydroxyl groups excluding tert-OH is 1. The van der Waals surface area contributed by atoms with Crippen LogP contribution < -0.4 is 0 Å². The van der Waals surface area contributed by atoms with Crippen LogP contribution in [0.5, 0.6) is 0 Å². The Bertz CT molecular complexity index is 83.8. The third-order valence-corrected chi connectivity index (χ3v) is 0.619. The molecule has 11 heavy (non-hydrogen) atoms. The van der Waals surface area contributed by atoms with Crippen LogP contribution in [0.15, 0.2) is 0 Å². The molecule has 4 heteroatoms. The van der Waals surface area contributed by atoms with Gasteiger partial charge in [-0.1, -0.05) is 0 Å². The van der Waals surface area contributed by atoms with E-state index in [1.807, 2.05) is 0 Å². The lowest BCUT2D eigenvalue weighted by Crippen LogP contribution is -2.07. The predicted molar refractivity (Wildman–Crippen MR) is 43.3 cm³/mol. The van der Waals surface area contributed by atoms with Crippen molar-refractivity contribution >= 4 is 6.41 Å². The van der Waals surface area contributed by atoms with Crippen LogP contribution in [0, 0.1) is 0 Å². The molecule has 0 bridgehead atoms. The Kier molecular flexibility index (Phi) is 11.1. The Morgan fingerprint density at radius 3 is 2.00 bits per heavy atom. The van der Waals surface area contributed by atoms with Gasteiger partial charge in [-0.2, -0.15) is 0 Å². The largest absolute Gasteiger partial charge is 0.391 e. The Balaban J connectivity index is 0. The molecule has 0 fully saturated rings. The second kappa shape index (κ2) is 9.39. The molecule has 0 heterocycles. The number of nitrogens with zero attached hydrogens (tertiary/aromatic N) is 1. The summed E-state index contributed by atoms with van der Waals surface area (Å²) in [5.41, 5.74) is 0. The topological polar surface area (TPSA) is 49.8 Å². The van der Waals surface area contributed by atoms with Gasteiger partial charge in [-0.3, -0.25) is 4.79 Å². The summed E-state index contributed by atoms with van der Waals surface area (Å²) >= 11 is 0. The van der Waals surface area contributed by atoms with Crippen LogP contribution in [0.1, 0.15) is 6.92 Å². The van der Waals surface area contributed by atoms with E-state index in [2.05, 4.69) is 4.74 Å². The molecular weight excluding hydrogens is 146 g/mol. The molecule has 68 valence electrons. The molecule has 0 saturated carbocycles. The first-order valence-electron chi connectivity index (χ1n) is 3.33. The highest BCUT2D eigenvalue weighted by atomic mass is 16.5. The lowest BCUT2D eigenvalue weighted by Gasteiger charge is -1.97. The van der Waals surface area contributed by atoms with Gasteiger partial charge in [0.15, 0.2) is 0 Å². The third kappa shape index (κ3) is 26.6. The number of amides is 1. The molecule has 1 unspecified atom stereocenters. The second-order valence-electron chi connectivity index (χ2n) is 2.37. The summed E-state index contributed by atoms with van der Waals surface area (Å²) in [5, 5.41) is 8.43. The fourth-order valence-electron chi connectivity index (χ4n) is 0.241. The molecule has 1 N–H and O–H groups in total. The van der Waals surface area contributed by atoms with Crippen LogP contribution in [-0.4, -0.2) is 50.3 Å². The zero-order valence-electron chi connectivity index (χ0n) is 7.57. The normalized spacial score (nSPS) is 11.0. The van der Waals surface area contributed by atoms with Crippen molar-refractivity contribution in [1.29, 1.82) is 0 Å². The molecular formula is C7H17NO3. The van der Waals surface area contributed by atoms with Crippen LogP contribution >= 0.6 is 0 Å². The van der Waals surface area contributed by atoms with Crippen molar-refractivity contribution < 1.29 is 14.6 Å². The standard InChI is InChI=1S/C4H10O2.C3H7NO/c1-4(5)3-6-2;1-4(2)3-5/h4-5H,3H2,1-2H3;3H,1-2H3. The summed E-state index contributed by atoms with van der Waals surface area (Å²) in [5.74, 6) is 0. The van der Waals surface area contributed by atoms with Crippen molar-refractivity contribution in [3.63, 3.8) is 0 Å². The van der Waals surface area contributed by atoms with Gasteiger partial charge in [-0.05, 0) is 6.92 Å². The number of aliphatic hydroxyl groups is 1. The summed E-state index contributed by atoms with van der Waals surface area (Å²) in [6.07, 6.45) is 0.426. The Labute approximate surface area is 67.8 Å². The fraction of sp³-hybridized carbons (Fsp3) is 0.857. The molecule has 0 aliphatic rings. The van der Waals surface area contributed by atoms with Crippen molar-refractivity contribution in [3.8, 4) is 0 Å². The molecule has 0 aliphatic carbocycles. The molecule has 0 aromatic rings. The van der Waals surface area contributed by atoms with E-state index in [1.54, 1.807) is 28.1 Å². The van der Waals surface area contributed by atoms with Gasteiger partial charge in [-0.25, -0.2) is 0 Å². The number of hydrogen-bond donors (Lipinski definition) is 1. The van der Waals surface area contributed by atoms with E-state index in [-0.39, 0.29) is 6.10 Å². The first-order chi connectivity index (χ1) is 5.04. The van der Waals surface area contributed by atoms with E-state index in [9.17, 15) is 4.79 Å². The number of carbonyl (C=O) groups is 1. The average Bonchev–Trinajstić information content (AvgIpc) is 1.89. The van der Waals surface area contributed by atoms with Crippen LogP contribution in [0.3, 0.4) is 0 Å². The number of hydrogen-bond acceptors (Lipinski definition) is 3. The zero-order valence-corrected chi connectivity index (χ0v) is 7.57. The van der Waals surface area contributed by atoms with Gasteiger partial charge in [0, 0.05) is 21.2 Å². The summed E-state index contributed by atoms with van der Waals surface area (Å²) in [7, 11) is 4.94. The smallest absolute Gasteiger partial charge is 0.209 e. The third-order valence-electron chi connectivity index (χ3n) is 0.619. The highest BCUT2D eigenvalue weighted by Crippen LogP contribution is 1.75. The first kappa shape index (κ1) is 13.0. The Hall–Kier alpha value is -0.610. The summed E-state index contributed by atoms with van der Waals surface area (Å²) in [6.45, 7) is 2.11. The van der Waals surface area contributed by atoms with Gasteiger partial charge >= 0.3 is 0 Å². The number of methoxy groups -OCH3 is 1. The van der Waals surface area contributed by atoms with Gasteiger partial charge in [0.1, 0.15) is 0 Å². The minimum absolute atomic E-state index is 0.324. The maximum absolute atomic E-state index is 9.43. The molecule has 0 saturated heterocycles. The molecule has 0 aromatic carbocycles. The average molecular weight is 163 g/mol. The van der Waals surface area contributed by atoms with Gasteiger partial charge in [0.25, 0.3) is 0 Å². The summed E-state index contributed by atoms with van der Waals surface area (Å²) in [6, 6.07) is 0. The maximum Gasteiger partial charge on any atom is 0.209 e. The van der Waals surface area contributed by atoms with E-state index >= 15 is 0 Å². The summed E-state index contributed by atoms with van der Waals surface area (Å²) in [4.78, 5) is 10.9. The maximum atomic E-state index is 9.43. The number of rotatable bonds is 3. The van der Waals surface area contributed by atoms with Crippen molar-refractivity contribution in [1.82, 2.24) is 4.90 Å². The number of carbonyl (C=O) groups excluding carboxylic acids is 1. The van der Waals surface area contributed by atoms with Crippen molar-refractivity contribution in [2.24, 2.45) is 0 Å². The van der Waals surface area contributed by atoms with Gasteiger partial charge in [-0.15, -0.1) is 0 Å². The van der Waals surface area contributed by atoms with Crippen LogP contribution in [0.2, 0.25) is 0 Å². The van der Waals surface area contributed by atoms with Crippen LogP contribution in [0.4, 0.5) is 0 Å². The molecule has 0 aromatic heterocycles. The quantitative estimate of drug-likeness (QED) is 0.582. The fourth-order valence-corrected chi connectivity index (χ4v) is 0.241. The molecule has 0 spiro atoms. The van der Waals surface area contributed by atoms with Gasteiger partial charge < -0.3 is 14.7 Å². The zero-order chi connectivity index (χ0) is 9.28. The Morgan fingerprint density at radius 1 is 1.64 bits per heavy atom. The molecule has 1 atom stereocenters. The van der Waals surface area contributed by atoms with Crippen molar-refractivity contribution in [3.05, 3.63) is 0 Å². The van der Waals surface area contributed by atoms with E-state index in [0.717, 1.165) is 6.41 Å². The molecule has 0 rings (SSSR count). The highest BCUT2D eigenvalue weighted by molar-refractivity contribution is 5.45. The highest BCUT2D eigenvalue weighted by Gasteiger charge is 1.87. The SMILES string of the molecule is CN(C)C=O.COCC(C)O. The molecule has 4 nitrogen and oxygen atoms in total. The number of ether oxygens (including phenoxy) is 1. The predicted octanol–water partition coefficient (Wildman–Crippen LogP) is -0.282. The Morgan fingerprint density at radius 2 is 2.00 bits per heavy atom. The van der Waals surface area contributed by atoms with Crippen molar-refractivity contribution in [2.75, 3.05) is 27.8 Å². The minimum Gasteiger partial charge on any atom is -0.391 e. The van der Waals surface area contributed by atoms with E-state index in [4.69, 9.17) is 5.11 Å². The van der Waals surface area contributed by atoms with E-state index < -0.39 is 0 Å². The van der Waals surface area contributed by atoms with E-state index in [0.29, 0.717) is 6.61 Å². The van der Waals surface area contributed by atoms with Crippen molar-refractivity contribution in [2.45, 2.75) is 13.0 Å². The molecule has 0 radical (unpaired) electrons. The lowest BCUT2D eigenvalue weighted by atomic mass is 10.5. The lowest BCUT2D eigenvalue weighted by molar-refractivity contribution is -0.115. The second-order valence-corrected chi connectivity index (χ2v) is 2.37. The van der Waals surface area contributed by atoms with E-state index in [1.165, 1.54) is 4.90 Å². The minimum atomic E-state index is -0.324. The molecule has 1 amide bonds. The summed E-state index contributed by atoms with van der Waals surface area (Å²) < 4.78 is 4.55. The first-order valence-corrected chi connectivity index (χ1v) is 3.33. The van der Waals surface area contributed by atoms with Gasteiger partial charge in [0.2, 0.25) is 6.41 Å². The monoisotopic (exact) mass is 163 g/mol. The van der Waals surface area contributed by atoms with Crippen LogP contribution in [0.25, 0.3) is 0 Å². The van der Waals surface area contributed by atoms with Gasteiger partial charge in [0.05, 0.1) is 12.7 Å². The molecule has 0 aliphatic heterocycles. The van der Waals surface area contributed by atoms with Crippen LogP contribution in [-0.2, 0) is 9.53 Å².